The number of pyridine rings is 1. The second-order valence-corrected chi connectivity index (χ2v) is 5.84. The van der Waals surface area contributed by atoms with Gasteiger partial charge in [-0.1, -0.05) is 0 Å². The van der Waals surface area contributed by atoms with Crippen molar-refractivity contribution in [2.75, 3.05) is 11.9 Å². The van der Waals surface area contributed by atoms with E-state index in [0.29, 0.717) is 0 Å². The highest BCUT2D eigenvalue weighted by molar-refractivity contribution is 9.11. The van der Waals surface area contributed by atoms with E-state index in [0.717, 1.165) is 32.7 Å². The molecule has 2 aromatic rings. The minimum atomic E-state index is 0.834. The zero-order chi connectivity index (χ0) is 11.4. The molecule has 0 saturated heterocycles. The highest BCUT2D eigenvalue weighted by Gasteiger charge is 2.02. The van der Waals surface area contributed by atoms with Gasteiger partial charge in [0.05, 0.1) is 9.48 Å². The van der Waals surface area contributed by atoms with Crippen molar-refractivity contribution in [1.29, 1.82) is 0 Å². The van der Waals surface area contributed by atoms with Crippen molar-refractivity contribution in [3.8, 4) is 0 Å². The second kappa shape index (κ2) is 5.75. The average Bonchev–Trinajstić information content (AvgIpc) is 2.74. The molecule has 2 heterocycles. The molecule has 0 radical (unpaired) electrons. The number of thiazole rings is 1. The fourth-order valence-corrected chi connectivity index (χ4v) is 2.96. The van der Waals surface area contributed by atoms with E-state index < -0.39 is 0 Å². The molecule has 0 saturated carbocycles. The average molecular weight is 363 g/mol. The highest BCUT2D eigenvalue weighted by atomic mass is 79.9. The van der Waals surface area contributed by atoms with Crippen molar-refractivity contribution in [2.24, 2.45) is 0 Å². The number of hydrogen-bond acceptors (Lipinski definition) is 4. The molecule has 0 bridgehead atoms. The Bertz CT molecular complexity index is 459. The molecule has 84 valence electrons. The summed E-state index contributed by atoms with van der Waals surface area (Å²) in [5.74, 6) is 0.861. The minimum Gasteiger partial charge on any atom is -0.369 e. The van der Waals surface area contributed by atoms with Crippen LogP contribution in [-0.2, 0) is 6.42 Å². The molecule has 16 heavy (non-hydrogen) atoms. The highest BCUT2D eigenvalue weighted by Crippen LogP contribution is 2.23. The molecule has 1 N–H and O–H groups in total. The Balaban J connectivity index is 1.90. The van der Waals surface area contributed by atoms with Crippen LogP contribution in [0.15, 0.2) is 32.8 Å². The van der Waals surface area contributed by atoms with Gasteiger partial charge in [-0.3, -0.25) is 0 Å². The lowest BCUT2D eigenvalue weighted by atomic mass is 10.4. The van der Waals surface area contributed by atoms with Crippen LogP contribution in [0, 0.1) is 0 Å². The van der Waals surface area contributed by atoms with E-state index in [9.17, 15) is 0 Å². The molecule has 0 aliphatic heterocycles. The topological polar surface area (TPSA) is 37.8 Å². The maximum atomic E-state index is 4.27. The van der Waals surface area contributed by atoms with Crippen LogP contribution in [0.5, 0.6) is 0 Å². The van der Waals surface area contributed by atoms with Gasteiger partial charge >= 0.3 is 0 Å². The zero-order valence-electron chi connectivity index (χ0n) is 8.28. The monoisotopic (exact) mass is 361 g/mol. The number of halogens is 2. The molecule has 0 aliphatic carbocycles. The first-order valence-electron chi connectivity index (χ1n) is 4.69. The van der Waals surface area contributed by atoms with Gasteiger partial charge in [0.25, 0.3) is 0 Å². The van der Waals surface area contributed by atoms with Crippen LogP contribution in [0.3, 0.4) is 0 Å². The molecular formula is C10H9Br2N3S. The molecule has 0 fully saturated rings. The first-order chi connectivity index (χ1) is 7.75. The summed E-state index contributed by atoms with van der Waals surface area (Å²) in [4.78, 5) is 8.50. The predicted molar refractivity (Wildman–Crippen MR) is 73.9 cm³/mol. The van der Waals surface area contributed by atoms with Crippen LogP contribution < -0.4 is 5.32 Å². The van der Waals surface area contributed by atoms with E-state index in [4.69, 9.17) is 0 Å². The minimum absolute atomic E-state index is 0.834. The van der Waals surface area contributed by atoms with Crippen molar-refractivity contribution in [3.63, 3.8) is 0 Å². The number of aromatic nitrogens is 2. The van der Waals surface area contributed by atoms with Crippen LogP contribution in [0.4, 0.5) is 5.82 Å². The van der Waals surface area contributed by atoms with Crippen molar-refractivity contribution >= 4 is 49.0 Å². The Morgan fingerprint density at radius 2 is 2.19 bits per heavy atom. The van der Waals surface area contributed by atoms with Gasteiger partial charge in [0, 0.05) is 35.2 Å². The van der Waals surface area contributed by atoms with E-state index in [1.165, 1.54) is 0 Å². The van der Waals surface area contributed by atoms with Gasteiger partial charge in [0.1, 0.15) is 5.82 Å². The predicted octanol–water partition coefficient (Wildman–Crippen LogP) is 3.72. The van der Waals surface area contributed by atoms with Crippen molar-refractivity contribution in [3.05, 3.63) is 37.8 Å². The molecule has 0 unspecified atom stereocenters. The summed E-state index contributed by atoms with van der Waals surface area (Å²) in [6.45, 7) is 0.834. The summed E-state index contributed by atoms with van der Waals surface area (Å²) in [5.41, 5.74) is 0. The first-order valence-corrected chi connectivity index (χ1v) is 7.15. The summed E-state index contributed by atoms with van der Waals surface area (Å²) in [6.07, 6.45) is 4.52. The molecule has 6 heteroatoms. The Morgan fingerprint density at radius 3 is 2.88 bits per heavy atom. The number of nitrogens with zero attached hydrogens (tertiary/aromatic N) is 2. The van der Waals surface area contributed by atoms with Crippen LogP contribution in [0.2, 0.25) is 0 Å². The molecule has 0 aromatic carbocycles. The largest absolute Gasteiger partial charge is 0.369 e. The number of nitrogens with one attached hydrogen (secondary N) is 1. The van der Waals surface area contributed by atoms with E-state index in [2.05, 4.69) is 47.1 Å². The fourth-order valence-electron chi connectivity index (χ4n) is 1.21. The van der Waals surface area contributed by atoms with Gasteiger partial charge in [-0.05, 0) is 37.9 Å². The summed E-state index contributed by atoms with van der Waals surface area (Å²) in [5, 5.41) is 6.40. The second-order valence-electron chi connectivity index (χ2n) is 3.09. The lowest BCUT2D eigenvalue weighted by molar-refractivity contribution is 0.985. The van der Waals surface area contributed by atoms with Crippen LogP contribution in [0.25, 0.3) is 0 Å². The van der Waals surface area contributed by atoms with Gasteiger partial charge < -0.3 is 5.32 Å². The van der Waals surface area contributed by atoms with Gasteiger partial charge in [-0.25, -0.2) is 9.97 Å². The smallest absolute Gasteiger partial charge is 0.140 e. The van der Waals surface area contributed by atoms with E-state index in [1.807, 2.05) is 17.6 Å². The fraction of sp³-hybridized carbons (Fsp3) is 0.200. The van der Waals surface area contributed by atoms with Crippen molar-refractivity contribution in [2.45, 2.75) is 6.42 Å². The van der Waals surface area contributed by atoms with E-state index >= 15 is 0 Å². The first kappa shape index (κ1) is 12.0. The Labute approximate surface area is 115 Å². The summed E-state index contributed by atoms with van der Waals surface area (Å²) in [6, 6.07) is 1.97. The van der Waals surface area contributed by atoms with Crippen molar-refractivity contribution in [1.82, 2.24) is 9.97 Å². The Hall–Kier alpha value is -0.460. The molecule has 3 nitrogen and oxygen atoms in total. The molecule has 0 spiro atoms. The van der Waals surface area contributed by atoms with E-state index in [-0.39, 0.29) is 0 Å². The van der Waals surface area contributed by atoms with Crippen LogP contribution in [0.1, 0.15) is 5.01 Å². The number of rotatable bonds is 4. The normalized spacial score (nSPS) is 10.4. The third-order valence-corrected chi connectivity index (χ3v) is 3.80. The third-order valence-electron chi connectivity index (χ3n) is 1.92. The quantitative estimate of drug-likeness (QED) is 0.900. The van der Waals surface area contributed by atoms with Crippen LogP contribution in [-0.4, -0.2) is 16.5 Å². The van der Waals surface area contributed by atoms with Crippen LogP contribution >= 0.6 is 43.2 Å². The zero-order valence-corrected chi connectivity index (χ0v) is 12.3. The van der Waals surface area contributed by atoms with Gasteiger partial charge in [-0.2, -0.15) is 0 Å². The summed E-state index contributed by atoms with van der Waals surface area (Å²) in [7, 11) is 0. The maximum absolute atomic E-state index is 4.27. The molecule has 0 amide bonds. The van der Waals surface area contributed by atoms with Gasteiger partial charge in [0.2, 0.25) is 0 Å². The lowest BCUT2D eigenvalue weighted by Crippen LogP contribution is -2.06. The third kappa shape index (κ3) is 3.26. The molecule has 2 rings (SSSR count). The van der Waals surface area contributed by atoms with Crippen molar-refractivity contribution < 1.29 is 0 Å². The maximum Gasteiger partial charge on any atom is 0.140 e. The number of hydrogen-bond donors (Lipinski definition) is 1. The van der Waals surface area contributed by atoms with Gasteiger partial charge in [0.15, 0.2) is 0 Å². The Morgan fingerprint density at radius 1 is 1.31 bits per heavy atom. The Kier molecular flexibility index (Phi) is 4.31. The molecule has 2 aromatic heterocycles. The molecule has 0 atom stereocenters. The number of anilines is 1. The lowest BCUT2D eigenvalue weighted by Gasteiger charge is -2.06. The van der Waals surface area contributed by atoms with Gasteiger partial charge in [-0.15, -0.1) is 11.3 Å². The van der Waals surface area contributed by atoms with E-state index in [1.54, 1.807) is 17.5 Å². The molecule has 0 aliphatic rings. The SMILES string of the molecule is Brc1cnc(NCCc2nccs2)c(Br)c1. The summed E-state index contributed by atoms with van der Waals surface area (Å²) < 4.78 is 1.92. The standard InChI is InChI=1S/C10H9Br2N3S/c11-7-5-8(12)10(15-6-7)14-2-1-9-13-3-4-16-9/h3-6H,1-2H2,(H,14,15). The summed E-state index contributed by atoms with van der Waals surface area (Å²) >= 11 is 8.50. The molecular weight excluding hydrogens is 354 g/mol.